The molecule has 0 saturated heterocycles. The van der Waals surface area contributed by atoms with Crippen LogP contribution in [0.1, 0.15) is 13.3 Å². The predicted molar refractivity (Wildman–Crippen MR) is 36.9 cm³/mol. The van der Waals surface area contributed by atoms with Gasteiger partial charge in [-0.2, -0.15) is 8.42 Å². The minimum absolute atomic E-state index is 0.0400. The summed E-state index contributed by atoms with van der Waals surface area (Å²) in [5.74, 6) is 0. The fourth-order valence-electron chi connectivity index (χ4n) is 0.546. The van der Waals surface area contributed by atoms with Gasteiger partial charge in [-0.05, 0) is 13.3 Å². The standard InChI is InChI=1S/C5H11O4S/c1-3-5(9-4-2)10(6,7)8/h5H,2-4H2,1H3,(H,6,7,8). The van der Waals surface area contributed by atoms with Gasteiger partial charge < -0.3 is 4.74 Å². The van der Waals surface area contributed by atoms with Crippen LogP contribution in [0.15, 0.2) is 0 Å². The Morgan fingerprint density at radius 3 is 2.30 bits per heavy atom. The van der Waals surface area contributed by atoms with Gasteiger partial charge in [0, 0.05) is 6.61 Å². The topological polar surface area (TPSA) is 63.6 Å². The monoisotopic (exact) mass is 167 g/mol. The van der Waals surface area contributed by atoms with Gasteiger partial charge in [0.25, 0.3) is 10.1 Å². The summed E-state index contributed by atoms with van der Waals surface area (Å²) in [6.07, 6.45) is 0.231. The largest absolute Gasteiger partial charge is 0.360 e. The van der Waals surface area contributed by atoms with Gasteiger partial charge >= 0.3 is 0 Å². The molecule has 0 aliphatic heterocycles. The zero-order valence-corrected chi connectivity index (χ0v) is 6.60. The second-order valence-corrected chi connectivity index (χ2v) is 3.28. The molecule has 61 valence electrons. The van der Waals surface area contributed by atoms with E-state index in [2.05, 4.69) is 11.7 Å². The van der Waals surface area contributed by atoms with Crippen molar-refractivity contribution in [1.82, 2.24) is 0 Å². The van der Waals surface area contributed by atoms with Crippen molar-refractivity contribution in [3.05, 3.63) is 6.92 Å². The summed E-state index contributed by atoms with van der Waals surface area (Å²) in [5.41, 5.74) is -1.12. The molecule has 1 N–H and O–H groups in total. The third kappa shape index (κ3) is 3.14. The first kappa shape index (κ1) is 9.87. The van der Waals surface area contributed by atoms with Gasteiger partial charge in [-0.15, -0.1) is 0 Å². The van der Waals surface area contributed by atoms with E-state index in [0.717, 1.165) is 0 Å². The molecule has 0 spiro atoms. The molecule has 10 heavy (non-hydrogen) atoms. The molecule has 0 amide bonds. The van der Waals surface area contributed by atoms with E-state index in [1.807, 2.05) is 0 Å². The molecular formula is C5H11O4S. The highest BCUT2D eigenvalue weighted by atomic mass is 32.2. The number of hydrogen-bond donors (Lipinski definition) is 1. The first-order chi connectivity index (χ1) is 4.52. The lowest BCUT2D eigenvalue weighted by Crippen LogP contribution is -2.22. The van der Waals surface area contributed by atoms with E-state index in [1.54, 1.807) is 6.92 Å². The molecule has 1 unspecified atom stereocenters. The summed E-state index contributed by atoms with van der Waals surface area (Å²) in [6, 6.07) is 0. The summed E-state index contributed by atoms with van der Waals surface area (Å²) in [6.45, 7) is 4.93. The van der Waals surface area contributed by atoms with E-state index in [4.69, 9.17) is 4.55 Å². The van der Waals surface area contributed by atoms with E-state index in [1.165, 1.54) is 0 Å². The predicted octanol–water partition coefficient (Wildman–Crippen LogP) is 0.461. The Labute approximate surface area is 60.9 Å². The van der Waals surface area contributed by atoms with Crippen LogP contribution in [-0.4, -0.2) is 25.0 Å². The van der Waals surface area contributed by atoms with Crippen molar-refractivity contribution in [3.63, 3.8) is 0 Å². The Morgan fingerprint density at radius 2 is 2.20 bits per heavy atom. The molecule has 1 radical (unpaired) electrons. The molecule has 0 saturated carbocycles. The highest BCUT2D eigenvalue weighted by Gasteiger charge is 2.19. The van der Waals surface area contributed by atoms with Crippen molar-refractivity contribution in [2.24, 2.45) is 0 Å². The molecule has 0 fully saturated rings. The van der Waals surface area contributed by atoms with Crippen LogP contribution in [-0.2, 0) is 14.9 Å². The lowest BCUT2D eigenvalue weighted by molar-refractivity contribution is 0.119. The zero-order chi connectivity index (χ0) is 8.20. The lowest BCUT2D eigenvalue weighted by Gasteiger charge is -2.09. The van der Waals surface area contributed by atoms with Gasteiger partial charge in [-0.25, -0.2) is 0 Å². The molecule has 1 atom stereocenters. The second-order valence-electron chi connectivity index (χ2n) is 1.72. The minimum Gasteiger partial charge on any atom is -0.360 e. The number of rotatable bonds is 4. The van der Waals surface area contributed by atoms with E-state index in [0.29, 0.717) is 0 Å². The van der Waals surface area contributed by atoms with Gasteiger partial charge in [0.05, 0.1) is 0 Å². The fraction of sp³-hybridized carbons (Fsp3) is 0.800. The van der Waals surface area contributed by atoms with Crippen LogP contribution >= 0.6 is 0 Å². The highest BCUT2D eigenvalue weighted by molar-refractivity contribution is 7.86. The average molecular weight is 167 g/mol. The van der Waals surface area contributed by atoms with Crippen LogP contribution in [0, 0.1) is 6.92 Å². The Morgan fingerprint density at radius 1 is 1.70 bits per heavy atom. The Hall–Kier alpha value is -0.130. The van der Waals surface area contributed by atoms with Crippen LogP contribution in [0.4, 0.5) is 0 Å². The highest BCUT2D eigenvalue weighted by Crippen LogP contribution is 2.04. The Balaban J connectivity index is 4.08. The first-order valence-corrected chi connectivity index (χ1v) is 4.39. The van der Waals surface area contributed by atoms with Crippen molar-refractivity contribution < 1.29 is 17.7 Å². The molecule has 0 heterocycles. The van der Waals surface area contributed by atoms with Crippen molar-refractivity contribution >= 4 is 10.1 Å². The SMILES string of the molecule is [CH2]COC(CC)S(=O)(=O)O. The lowest BCUT2D eigenvalue weighted by atomic mass is 10.5. The maximum atomic E-state index is 10.4. The summed E-state index contributed by atoms with van der Waals surface area (Å²) >= 11 is 0. The molecule has 0 aromatic rings. The van der Waals surface area contributed by atoms with Gasteiger partial charge in [-0.3, -0.25) is 4.55 Å². The van der Waals surface area contributed by atoms with E-state index < -0.39 is 15.6 Å². The molecule has 0 aliphatic rings. The van der Waals surface area contributed by atoms with E-state index in [9.17, 15) is 8.42 Å². The maximum absolute atomic E-state index is 10.4. The Kier molecular flexibility index (Phi) is 3.85. The molecular weight excluding hydrogens is 156 g/mol. The van der Waals surface area contributed by atoms with E-state index in [-0.39, 0.29) is 13.0 Å². The normalized spacial score (nSPS) is 15.1. The van der Waals surface area contributed by atoms with Crippen molar-refractivity contribution in [2.45, 2.75) is 18.8 Å². The van der Waals surface area contributed by atoms with Crippen LogP contribution in [0.25, 0.3) is 0 Å². The quantitative estimate of drug-likeness (QED) is 0.618. The summed E-state index contributed by atoms with van der Waals surface area (Å²) in [4.78, 5) is 0. The molecule has 0 rings (SSSR count). The maximum Gasteiger partial charge on any atom is 0.292 e. The van der Waals surface area contributed by atoms with Crippen LogP contribution < -0.4 is 0 Å². The van der Waals surface area contributed by atoms with Gasteiger partial charge in [0.15, 0.2) is 5.44 Å². The van der Waals surface area contributed by atoms with Gasteiger partial charge in [0.1, 0.15) is 0 Å². The van der Waals surface area contributed by atoms with Crippen LogP contribution in [0.2, 0.25) is 0 Å². The summed E-state index contributed by atoms with van der Waals surface area (Å²) < 4.78 is 33.7. The number of hydrogen-bond acceptors (Lipinski definition) is 3. The smallest absolute Gasteiger partial charge is 0.292 e. The first-order valence-electron chi connectivity index (χ1n) is 2.89. The molecule has 0 aliphatic carbocycles. The molecule has 0 aromatic heterocycles. The third-order valence-corrected chi connectivity index (χ3v) is 2.10. The fourth-order valence-corrected chi connectivity index (χ4v) is 1.24. The van der Waals surface area contributed by atoms with Crippen LogP contribution in [0.5, 0.6) is 0 Å². The number of ether oxygens (including phenoxy) is 1. The molecule has 4 nitrogen and oxygen atoms in total. The molecule has 0 aromatic carbocycles. The summed E-state index contributed by atoms with van der Waals surface area (Å²) in [7, 11) is -4.04. The van der Waals surface area contributed by atoms with Crippen molar-refractivity contribution in [2.75, 3.05) is 6.61 Å². The summed E-state index contributed by atoms with van der Waals surface area (Å²) in [5, 5.41) is 0. The van der Waals surface area contributed by atoms with E-state index >= 15 is 0 Å². The Bertz CT molecular complexity index is 172. The molecule has 0 bridgehead atoms. The van der Waals surface area contributed by atoms with Gasteiger partial charge in [0.2, 0.25) is 0 Å². The third-order valence-electron chi connectivity index (χ3n) is 0.969. The second kappa shape index (κ2) is 3.90. The van der Waals surface area contributed by atoms with Gasteiger partial charge in [-0.1, -0.05) is 6.92 Å². The van der Waals surface area contributed by atoms with Crippen LogP contribution in [0.3, 0.4) is 0 Å². The van der Waals surface area contributed by atoms with Crippen molar-refractivity contribution in [3.8, 4) is 0 Å². The molecule has 5 heteroatoms. The average Bonchev–Trinajstić information content (AvgIpc) is 1.80. The minimum atomic E-state index is -4.04. The van der Waals surface area contributed by atoms with Crippen molar-refractivity contribution in [1.29, 1.82) is 0 Å². The zero-order valence-electron chi connectivity index (χ0n) is 5.78.